The fourth-order valence-corrected chi connectivity index (χ4v) is 3.53. The van der Waals surface area contributed by atoms with Crippen molar-refractivity contribution in [2.75, 3.05) is 0 Å². The Morgan fingerprint density at radius 1 is 0.933 bits per heavy atom. The maximum Gasteiger partial charge on any atom is 0.321 e. The molecule has 0 unspecified atom stereocenters. The number of aromatic nitrogens is 1. The summed E-state index contributed by atoms with van der Waals surface area (Å²) < 4.78 is 5.99. The first-order chi connectivity index (χ1) is 14.7. The molecule has 4 rings (SSSR count). The van der Waals surface area contributed by atoms with Crippen molar-refractivity contribution in [2.45, 2.75) is 25.6 Å². The Morgan fingerprint density at radius 3 is 2.50 bits per heavy atom. The molecule has 0 aliphatic carbocycles. The van der Waals surface area contributed by atoms with E-state index in [1.165, 1.54) is 0 Å². The summed E-state index contributed by atoms with van der Waals surface area (Å²) in [5, 5.41) is 14.0. The summed E-state index contributed by atoms with van der Waals surface area (Å²) in [5.74, 6) is -0.118. The summed E-state index contributed by atoms with van der Waals surface area (Å²) >= 11 is 0. The molecule has 0 aliphatic heterocycles. The molecule has 1 atom stereocenters. The van der Waals surface area contributed by atoms with Crippen molar-refractivity contribution in [3.63, 3.8) is 0 Å². The number of rotatable bonds is 9. The van der Waals surface area contributed by atoms with Crippen LogP contribution in [0.2, 0.25) is 0 Å². The summed E-state index contributed by atoms with van der Waals surface area (Å²) in [6.45, 7) is 0.875. The second-order valence-electron chi connectivity index (χ2n) is 7.22. The van der Waals surface area contributed by atoms with Crippen LogP contribution in [-0.4, -0.2) is 22.1 Å². The van der Waals surface area contributed by atoms with E-state index in [1.54, 1.807) is 0 Å². The third kappa shape index (κ3) is 4.70. The number of aliphatic carboxylic acids is 1. The smallest absolute Gasteiger partial charge is 0.321 e. The van der Waals surface area contributed by atoms with Gasteiger partial charge in [0.2, 0.25) is 0 Å². The topological polar surface area (TPSA) is 74.3 Å². The van der Waals surface area contributed by atoms with Gasteiger partial charge in [0, 0.05) is 35.6 Å². The Balaban J connectivity index is 1.43. The molecule has 5 nitrogen and oxygen atoms in total. The Labute approximate surface area is 175 Å². The molecule has 1 aromatic heterocycles. The molecule has 3 aromatic carbocycles. The number of fused-ring (bicyclic) bond motifs is 1. The van der Waals surface area contributed by atoms with Gasteiger partial charge in [-0.15, -0.1) is 0 Å². The van der Waals surface area contributed by atoms with Gasteiger partial charge >= 0.3 is 5.97 Å². The van der Waals surface area contributed by atoms with E-state index >= 15 is 0 Å². The number of benzene rings is 3. The fraction of sp³-hybridized carbons (Fsp3) is 0.160. The Hall–Kier alpha value is -3.57. The van der Waals surface area contributed by atoms with Gasteiger partial charge in [0.25, 0.3) is 0 Å². The third-order valence-corrected chi connectivity index (χ3v) is 5.15. The van der Waals surface area contributed by atoms with Crippen LogP contribution in [0.15, 0.2) is 85.1 Å². The van der Waals surface area contributed by atoms with E-state index in [0.29, 0.717) is 19.6 Å². The third-order valence-electron chi connectivity index (χ3n) is 5.15. The van der Waals surface area contributed by atoms with E-state index in [2.05, 4.69) is 10.3 Å². The highest BCUT2D eigenvalue weighted by Gasteiger charge is 2.20. The predicted molar refractivity (Wildman–Crippen MR) is 117 cm³/mol. The van der Waals surface area contributed by atoms with Gasteiger partial charge < -0.3 is 14.8 Å². The Bertz CT molecular complexity index is 1120. The second-order valence-corrected chi connectivity index (χ2v) is 7.22. The molecule has 152 valence electrons. The molecule has 0 saturated carbocycles. The molecule has 1 heterocycles. The van der Waals surface area contributed by atoms with Crippen LogP contribution in [0.25, 0.3) is 10.9 Å². The number of carbonyl (C=O) groups is 1. The van der Waals surface area contributed by atoms with E-state index in [4.69, 9.17) is 4.74 Å². The highest BCUT2D eigenvalue weighted by Crippen LogP contribution is 2.21. The zero-order valence-corrected chi connectivity index (χ0v) is 16.5. The Morgan fingerprint density at radius 2 is 1.67 bits per heavy atom. The first kappa shape index (κ1) is 19.7. The van der Waals surface area contributed by atoms with E-state index in [0.717, 1.165) is 33.3 Å². The minimum absolute atomic E-state index is 0.395. The van der Waals surface area contributed by atoms with Crippen molar-refractivity contribution >= 4 is 16.9 Å². The van der Waals surface area contributed by atoms with Crippen molar-refractivity contribution in [2.24, 2.45) is 0 Å². The average Bonchev–Trinajstić information content (AvgIpc) is 3.19. The molecule has 4 aromatic rings. The van der Waals surface area contributed by atoms with Gasteiger partial charge in [-0.2, -0.15) is 0 Å². The van der Waals surface area contributed by atoms with Crippen molar-refractivity contribution in [1.82, 2.24) is 10.3 Å². The largest absolute Gasteiger partial charge is 0.489 e. The zero-order chi connectivity index (χ0) is 20.8. The van der Waals surface area contributed by atoms with Crippen molar-refractivity contribution < 1.29 is 14.6 Å². The van der Waals surface area contributed by atoms with Gasteiger partial charge in [0.05, 0.1) is 0 Å². The van der Waals surface area contributed by atoms with Crippen LogP contribution in [0, 0.1) is 0 Å². The van der Waals surface area contributed by atoms with E-state index in [1.807, 2.05) is 85.1 Å². The lowest BCUT2D eigenvalue weighted by Crippen LogP contribution is -2.38. The summed E-state index contributed by atoms with van der Waals surface area (Å²) in [4.78, 5) is 15.1. The summed E-state index contributed by atoms with van der Waals surface area (Å²) in [5.41, 5.74) is 4.01. The molecule has 0 fully saturated rings. The standard InChI is InChI=1S/C25H24N2O3/c28-25(29)23(14-20-16-26-22-12-6-5-11-21(20)22)27-15-19-10-4-7-13-24(19)30-17-18-8-2-1-3-9-18/h1-13,16,23,26-27H,14-15,17H2,(H,28,29)/t23-/m1/s1. The SMILES string of the molecule is O=C(O)[C@@H](Cc1c[nH]c2ccccc12)NCc1ccccc1OCc1ccccc1. The summed E-state index contributed by atoms with van der Waals surface area (Å²) in [6, 6.07) is 24.9. The van der Waals surface area contributed by atoms with E-state index < -0.39 is 12.0 Å². The minimum Gasteiger partial charge on any atom is -0.489 e. The first-order valence-corrected chi connectivity index (χ1v) is 9.96. The molecule has 30 heavy (non-hydrogen) atoms. The lowest BCUT2D eigenvalue weighted by molar-refractivity contribution is -0.139. The number of nitrogens with one attached hydrogen (secondary N) is 2. The van der Waals surface area contributed by atoms with Crippen molar-refractivity contribution in [3.05, 3.63) is 102 Å². The van der Waals surface area contributed by atoms with Gasteiger partial charge in [-0.05, 0) is 23.3 Å². The quantitative estimate of drug-likeness (QED) is 0.386. The van der Waals surface area contributed by atoms with Gasteiger partial charge in [-0.1, -0.05) is 66.7 Å². The number of para-hydroxylation sites is 2. The van der Waals surface area contributed by atoms with Crippen molar-refractivity contribution in [3.8, 4) is 5.75 Å². The van der Waals surface area contributed by atoms with Gasteiger partial charge in [0.15, 0.2) is 0 Å². The molecule has 0 amide bonds. The van der Waals surface area contributed by atoms with Crippen LogP contribution in [0.5, 0.6) is 5.75 Å². The van der Waals surface area contributed by atoms with Crippen LogP contribution >= 0.6 is 0 Å². The van der Waals surface area contributed by atoms with E-state index in [9.17, 15) is 9.90 Å². The maximum atomic E-state index is 11.9. The van der Waals surface area contributed by atoms with Crippen LogP contribution in [-0.2, 0) is 24.4 Å². The monoisotopic (exact) mass is 400 g/mol. The van der Waals surface area contributed by atoms with Crippen molar-refractivity contribution in [1.29, 1.82) is 0 Å². The van der Waals surface area contributed by atoms with Crippen LogP contribution < -0.4 is 10.1 Å². The molecule has 0 aliphatic rings. The van der Waals surface area contributed by atoms with Gasteiger partial charge in [-0.3, -0.25) is 10.1 Å². The highest BCUT2D eigenvalue weighted by molar-refractivity contribution is 5.84. The lowest BCUT2D eigenvalue weighted by Gasteiger charge is -2.16. The fourth-order valence-electron chi connectivity index (χ4n) is 3.53. The first-order valence-electron chi connectivity index (χ1n) is 9.96. The molecule has 0 spiro atoms. The number of H-pyrrole nitrogens is 1. The van der Waals surface area contributed by atoms with Crippen LogP contribution in [0.1, 0.15) is 16.7 Å². The lowest BCUT2D eigenvalue weighted by atomic mass is 10.0. The molecule has 0 bridgehead atoms. The predicted octanol–water partition coefficient (Wildman–Crippen LogP) is 4.53. The average molecular weight is 400 g/mol. The van der Waals surface area contributed by atoms with Gasteiger partial charge in [-0.25, -0.2) is 0 Å². The van der Waals surface area contributed by atoms with Gasteiger partial charge in [0.1, 0.15) is 18.4 Å². The molecule has 5 heteroatoms. The molecule has 0 radical (unpaired) electrons. The number of hydrogen-bond donors (Lipinski definition) is 3. The normalized spacial score (nSPS) is 12.0. The second kappa shape index (κ2) is 9.29. The summed E-state index contributed by atoms with van der Waals surface area (Å²) in [7, 11) is 0. The molecule has 3 N–H and O–H groups in total. The summed E-state index contributed by atoms with van der Waals surface area (Å²) in [6.07, 6.45) is 2.28. The number of aromatic amines is 1. The Kier molecular flexibility index (Phi) is 6.11. The highest BCUT2D eigenvalue weighted by atomic mass is 16.5. The molecule has 0 saturated heterocycles. The maximum absolute atomic E-state index is 11.9. The number of ether oxygens (including phenoxy) is 1. The number of hydrogen-bond acceptors (Lipinski definition) is 3. The minimum atomic E-state index is -0.872. The number of carboxylic acids is 1. The zero-order valence-electron chi connectivity index (χ0n) is 16.5. The van der Waals surface area contributed by atoms with Crippen LogP contribution in [0.3, 0.4) is 0 Å². The van der Waals surface area contributed by atoms with Crippen LogP contribution in [0.4, 0.5) is 0 Å². The molecular weight excluding hydrogens is 376 g/mol. The van der Waals surface area contributed by atoms with E-state index in [-0.39, 0.29) is 0 Å². The number of carboxylic acid groups (broad SMARTS) is 1. The molecular formula is C25H24N2O3.